The highest BCUT2D eigenvalue weighted by Gasteiger charge is 2.31. The lowest BCUT2D eigenvalue weighted by molar-refractivity contribution is -0.124. The highest BCUT2D eigenvalue weighted by Crippen LogP contribution is 2.20. The van der Waals surface area contributed by atoms with E-state index in [9.17, 15) is 4.79 Å². The second kappa shape index (κ2) is 9.26. The number of rotatable bonds is 6. The largest absolute Gasteiger partial charge is 0.351 e. The van der Waals surface area contributed by atoms with Crippen molar-refractivity contribution in [2.24, 2.45) is 11.7 Å². The van der Waals surface area contributed by atoms with Gasteiger partial charge in [-0.3, -0.25) is 9.69 Å². The molecule has 0 bridgehead atoms. The van der Waals surface area contributed by atoms with Crippen molar-refractivity contribution in [2.45, 2.75) is 58.3 Å². The standard InChI is InChI=1S/C18H29N3O.ClH/c1-4-13(2)17(19)18(22)20-16-10-14(3)21(12-16)11-15-8-6-5-7-9-15;/h5-9,13-14,16-17H,4,10-12,19H2,1-3H3,(H,20,22);1H. The van der Waals surface area contributed by atoms with Crippen molar-refractivity contribution >= 4 is 18.3 Å². The summed E-state index contributed by atoms with van der Waals surface area (Å²) in [7, 11) is 0. The highest BCUT2D eigenvalue weighted by molar-refractivity contribution is 5.85. The SMILES string of the molecule is CCC(C)C(N)C(=O)NC1CC(C)N(Cc2ccccc2)C1.Cl. The maximum absolute atomic E-state index is 12.2. The molecule has 1 aliphatic rings. The molecule has 5 heteroatoms. The average molecular weight is 340 g/mol. The minimum atomic E-state index is -0.400. The molecule has 3 N–H and O–H groups in total. The molecule has 4 unspecified atom stereocenters. The van der Waals surface area contributed by atoms with Crippen LogP contribution in [0.15, 0.2) is 30.3 Å². The topological polar surface area (TPSA) is 58.4 Å². The summed E-state index contributed by atoms with van der Waals surface area (Å²) in [5.41, 5.74) is 7.33. The van der Waals surface area contributed by atoms with Crippen molar-refractivity contribution in [3.8, 4) is 0 Å². The quantitative estimate of drug-likeness (QED) is 0.837. The van der Waals surface area contributed by atoms with Crippen LogP contribution in [0.25, 0.3) is 0 Å². The molecule has 1 aromatic rings. The Labute approximate surface area is 146 Å². The molecular weight excluding hydrogens is 310 g/mol. The number of benzene rings is 1. The Balaban J connectivity index is 0.00000264. The van der Waals surface area contributed by atoms with E-state index in [0.29, 0.717) is 6.04 Å². The number of halogens is 1. The number of nitrogens with two attached hydrogens (primary N) is 1. The highest BCUT2D eigenvalue weighted by atomic mass is 35.5. The maximum Gasteiger partial charge on any atom is 0.237 e. The number of amides is 1. The summed E-state index contributed by atoms with van der Waals surface area (Å²) in [4.78, 5) is 14.6. The van der Waals surface area contributed by atoms with Crippen molar-refractivity contribution in [1.82, 2.24) is 10.2 Å². The number of carbonyl (C=O) groups is 1. The van der Waals surface area contributed by atoms with Crippen molar-refractivity contribution < 1.29 is 4.79 Å². The van der Waals surface area contributed by atoms with Crippen LogP contribution < -0.4 is 11.1 Å². The third-order valence-electron chi connectivity index (χ3n) is 4.84. The Hall–Kier alpha value is -1.10. The molecule has 1 fully saturated rings. The van der Waals surface area contributed by atoms with Gasteiger partial charge in [0, 0.05) is 25.2 Å². The van der Waals surface area contributed by atoms with Gasteiger partial charge in [0.2, 0.25) is 5.91 Å². The molecule has 1 saturated heterocycles. The molecule has 1 amide bonds. The zero-order chi connectivity index (χ0) is 16.1. The van der Waals surface area contributed by atoms with Crippen molar-refractivity contribution in [3.05, 3.63) is 35.9 Å². The van der Waals surface area contributed by atoms with E-state index in [-0.39, 0.29) is 30.3 Å². The van der Waals surface area contributed by atoms with E-state index in [2.05, 4.69) is 48.3 Å². The van der Waals surface area contributed by atoms with Gasteiger partial charge in [0.1, 0.15) is 0 Å². The number of hydrogen-bond acceptors (Lipinski definition) is 3. The zero-order valence-electron chi connectivity index (χ0n) is 14.4. The van der Waals surface area contributed by atoms with E-state index < -0.39 is 6.04 Å². The first-order valence-corrected chi connectivity index (χ1v) is 8.35. The van der Waals surface area contributed by atoms with Gasteiger partial charge in [-0.15, -0.1) is 12.4 Å². The minimum Gasteiger partial charge on any atom is -0.351 e. The van der Waals surface area contributed by atoms with E-state index in [0.717, 1.165) is 25.9 Å². The van der Waals surface area contributed by atoms with Crippen LogP contribution in [0.1, 0.15) is 39.2 Å². The summed E-state index contributed by atoms with van der Waals surface area (Å²) in [6.45, 7) is 8.16. The Kier molecular flexibility index (Phi) is 8.03. The van der Waals surface area contributed by atoms with Crippen molar-refractivity contribution in [3.63, 3.8) is 0 Å². The van der Waals surface area contributed by atoms with Crippen LogP contribution >= 0.6 is 12.4 Å². The van der Waals surface area contributed by atoms with Gasteiger partial charge in [-0.05, 0) is 24.8 Å². The fraction of sp³-hybridized carbons (Fsp3) is 0.611. The molecule has 0 aromatic heterocycles. The lowest BCUT2D eigenvalue weighted by atomic mass is 9.99. The summed E-state index contributed by atoms with van der Waals surface area (Å²) in [6, 6.07) is 10.8. The predicted octanol–water partition coefficient (Wildman–Crippen LogP) is 2.56. The van der Waals surface area contributed by atoms with Crippen LogP contribution in [0, 0.1) is 5.92 Å². The first-order chi connectivity index (χ1) is 10.5. The number of likely N-dealkylation sites (tertiary alicyclic amines) is 1. The van der Waals surface area contributed by atoms with E-state index in [1.54, 1.807) is 0 Å². The summed E-state index contributed by atoms with van der Waals surface area (Å²) < 4.78 is 0. The predicted molar refractivity (Wildman–Crippen MR) is 97.5 cm³/mol. The monoisotopic (exact) mass is 339 g/mol. The lowest BCUT2D eigenvalue weighted by Crippen LogP contribution is -2.48. The summed E-state index contributed by atoms with van der Waals surface area (Å²) in [5, 5.41) is 3.13. The number of nitrogens with zero attached hydrogens (tertiary/aromatic N) is 1. The van der Waals surface area contributed by atoms with E-state index in [1.165, 1.54) is 5.56 Å². The molecule has 0 radical (unpaired) electrons. The molecule has 130 valence electrons. The van der Waals surface area contributed by atoms with Gasteiger partial charge in [0.25, 0.3) is 0 Å². The molecule has 23 heavy (non-hydrogen) atoms. The van der Waals surface area contributed by atoms with Gasteiger partial charge in [0.05, 0.1) is 6.04 Å². The smallest absolute Gasteiger partial charge is 0.237 e. The Bertz CT molecular complexity index is 482. The van der Waals surface area contributed by atoms with Crippen LogP contribution in [-0.2, 0) is 11.3 Å². The molecule has 0 saturated carbocycles. The average Bonchev–Trinajstić information content (AvgIpc) is 2.86. The van der Waals surface area contributed by atoms with Crippen molar-refractivity contribution in [2.75, 3.05) is 6.54 Å². The van der Waals surface area contributed by atoms with E-state index in [4.69, 9.17) is 5.73 Å². The third kappa shape index (κ3) is 5.48. The van der Waals surface area contributed by atoms with Crippen LogP contribution in [0.4, 0.5) is 0 Å². The fourth-order valence-electron chi connectivity index (χ4n) is 3.05. The van der Waals surface area contributed by atoms with Gasteiger partial charge in [0.15, 0.2) is 0 Å². The summed E-state index contributed by atoms with van der Waals surface area (Å²) >= 11 is 0. The number of hydrogen-bond donors (Lipinski definition) is 2. The summed E-state index contributed by atoms with van der Waals surface area (Å²) in [5.74, 6) is 0.215. The zero-order valence-corrected chi connectivity index (χ0v) is 15.2. The van der Waals surface area contributed by atoms with Gasteiger partial charge < -0.3 is 11.1 Å². The fourth-order valence-corrected chi connectivity index (χ4v) is 3.05. The third-order valence-corrected chi connectivity index (χ3v) is 4.84. The second-order valence-electron chi connectivity index (χ2n) is 6.62. The first-order valence-electron chi connectivity index (χ1n) is 8.35. The van der Waals surface area contributed by atoms with Crippen LogP contribution in [0.2, 0.25) is 0 Å². The van der Waals surface area contributed by atoms with E-state index >= 15 is 0 Å². The molecule has 0 aliphatic carbocycles. The van der Waals surface area contributed by atoms with Crippen molar-refractivity contribution in [1.29, 1.82) is 0 Å². The second-order valence-corrected chi connectivity index (χ2v) is 6.62. The number of carbonyl (C=O) groups excluding carboxylic acids is 1. The van der Waals surface area contributed by atoms with E-state index in [1.807, 2.05) is 13.0 Å². The molecule has 1 aliphatic heterocycles. The van der Waals surface area contributed by atoms with Crippen LogP contribution in [-0.4, -0.2) is 35.5 Å². The number of nitrogens with one attached hydrogen (secondary N) is 1. The molecule has 2 rings (SSSR count). The minimum absolute atomic E-state index is 0. The molecular formula is C18H30ClN3O. The van der Waals surface area contributed by atoms with Gasteiger partial charge in [-0.1, -0.05) is 50.6 Å². The molecule has 1 aromatic carbocycles. The van der Waals surface area contributed by atoms with Crippen LogP contribution in [0.3, 0.4) is 0 Å². The molecule has 0 spiro atoms. The Morgan fingerprint density at radius 3 is 2.65 bits per heavy atom. The molecule has 4 atom stereocenters. The van der Waals surface area contributed by atoms with Crippen LogP contribution in [0.5, 0.6) is 0 Å². The lowest BCUT2D eigenvalue weighted by Gasteiger charge is -2.22. The van der Waals surface area contributed by atoms with Gasteiger partial charge in [-0.2, -0.15) is 0 Å². The van der Waals surface area contributed by atoms with Gasteiger partial charge >= 0.3 is 0 Å². The first kappa shape index (κ1) is 19.9. The normalized spacial score (nSPS) is 23.8. The maximum atomic E-state index is 12.2. The summed E-state index contributed by atoms with van der Waals surface area (Å²) in [6.07, 6.45) is 1.92. The Morgan fingerprint density at radius 2 is 2.04 bits per heavy atom. The molecule has 1 heterocycles. The van der Waals surface area contributed by atoms with Gasteiger partial charge in [-0.25, -0.2) is 0 Å². The Morgan fingerprint density at radius 1 is 1.39 bits per heavy atom. The molecule has 4 nitrogen and oxygen atoms in total.